The monoisotopic (exact) mass is 390 g/mol. The molecule has 150 valence electrons. The van der Waals surface area contributed by atoms with E-state index in [1.165, 1.54) is 22.6 Å². The second-order valence-corrected chi connectivity index (χ2v) is 7.73. The molecule has 1 saturated heterocycles. The molecule has 2 N–H and O–H groups in total. The lowest BCUT2D eigenvalue weighted by Gasteiger charge is -2.33. The summed E-state index contributed by atoms with van der Waals surface area (Å²) in [6.45, 7) is 7.49. The molecule has 0 bridgehead atoms. The van der Waals surface area contributed by atoms with Crippen LogP contribution in [-0.2, 0) is 12.6 Å². The average molecular weight is 390 g/mol. The van der Waals surface area contributed by atoms with Crippen LogP contribution in [0.1, 0.15) is 23.6 Å². The largest absolute Gasteiger partial charge is 0.416 e. The Morgan fingerprint density at radius 1 is 0.964 bits per heavy atom. The molecule has 0 aromatic heterocycles. The van der Waals surface area contributed by atoms with Crippen molar-refractivity contribution < 1.29 is 23.0 Å². The van der Waals surface area contributed by atoms with E-state index in [4.69, 9.17) is 0 Å². The van der Waals surface area contributed by atoms with Crippen molar-refractivity contribution in [1.29, 1.82) is 0 Å². The molecule has 28 heavy (non-hydrogen) atoms. The van der Waals surface area contributed by atoms with Crippen molar-refractivity contribution in [1.82, 2.24) is 0 Å². The molecule has 0 saturated carbocycles. The van der Waals surface area contributed by atoms with Crippen molar-refractivity contribution in [3.8, 4) is 0 Å². The highest BCUT2D eigenvalue weighted by Gasteiger charge is 2.31. The third-order valence-electron chi connectivity index (χ3n) is 5.61. The molecule has 3 rings (SSSR count). The van der Waals surface area contributed by atoms with Crippen molar-refractivity contribution in [3.63, 3.8) is 0 Å². The van der Waals surface area contributed by atoms with Gasteiger partial charge in [-0.25, -0.2) is 0 Å². The zero-order chi connectivity index (χ0) is 20.0. The van der Waals surface area contributed by atoms with Crippen molar-refractivity contribution in [2.75, 3.05) is 32.7 Å². The second-order valence-electron chi connectivity index (χ2n) is 7.73. The minimum absolute atomic E-state index is 0.324. The maximum absolute atomic E-state index is 12.9. The highest BCUT2D eigenvalue weighted by atomic mass is 19.4. The van der Waals surface area contributed by atoms with E-state index in [2.05, 4.69) is 31.2 Å². The third-order valence-corrected chi connectivity index (χ3v) is 5.61. The second kappa shape index (κ2) is 9.39. The smallest absolute Gasteiger partial charge is 0.323 e. The molecular weight excluding hydrogens is 361 g/mol. The first-order chi connectivity index (χ1) is 13.4. The molecule has 0 amide bonds. The first kappa shape index (κ1) is 20.6. The maximum atomic E-state index is 12.9. The van der Waals surface area contributed by atoms with Crippen LogP contribution in [0, 0.1) is 0 Å². The Balaban J connectivity index is 1.46. The van der Waals surface area contributed by atoms with E-state index >= 15 is 0 Å². The summed E-state index contributed by atoms with van der Waals surface area (Å²) < 4.78 is 38.7. The van der Waals surface area contributed by atoms with Crippen LogP contribution in [0.15, 0.2) is 60.7 Å². The lowest BCUT2D eigenvalue weighted by molar-refractivity contribution is -1.02. The lowest BCUT2D eigenvalue weighted by Crippen LogP contribution is -3.29. The van der Waals surface area contributed by atoms with Gasteiger partial charge in [-0.15, -0.1) is 0 Å². The van der Waals surface area contributed by atoms with E-state index in [-0.39, 0.29) is 0 Å². The highest BCUT2D eigenvalue weighted by Crippen LogP contribution is 2.29. The van der Waals surface area contributed by atoms with Crippen LogP contribution in [-0.4, -0.2) is 38.8 Å². The van der Waals surface area contributed by atoms with Crippen LogP contribution < -0.4 is 9.80 Å². The number of rotatable bonds is 6. The van der Waals surface area contributed by atoms with Crippen LogP contribution >= 0.6 is 0 Å². The molecule has 0 radical (unpaired) electrons. The Kier molecular flexibility index (Phi) is 6.92. The molecule has 5 heteroatoms. The van der Waals surface area contributed by atoms with Gasteiger partial charge in [0.25, 0.3) is 0 Å². The Morgan fingerprint density at radius 3 is 2.36 bits per heavy atom. The van der Waals surface area contributed by atoms with Gasteiger partial charge < -0.3 is 9.80 Å². The summed E-state index contributed by atoms with van der Waals surface area (Å²) in [6, 6.07) is 16.4. The van der Waals surface area contributed by atoms with Crippen molar-refractivity contribution in [2.45, 2.75) is 25.6 Å². The Labute approximate surface area is 165 Å². The normalized spacial score (nSPS) is 21.7. The van der Waals surface area contributed by atoms with Crippen LogP contribution in [0.5, 0.6) is 0 Å². The fourth-order valence-corrected chi connectivity index (χ4v) is 3.92. The zero-order valence-corrected chi connectivity index (χ0v) is 16.3. The molecule has 1 atom stereocenters. The van der Waals surface area contributed by atoms with Crippen LogP contribution in [0.25, 0.3) is 6.08 Å². The number of alkyl halides is 3. The Hall–Kier alpha value is -2.11. The van der Waals surface area contributed by atoms with Crippen LogP contribution in [0.2, 0.25) is 0 Å². The van der Waals surface area contributed by atoms with Crippen LogP contribution in [0.3, 0.4) is 0 Å². The van der Waals surface area contributed by atoms with Gasteiger partial charge in [0.2, 0.25) is 0 Å². The van der Waals surface area contributed by atoms with Gasteiger partial charge in [-0.1, -0.05) is 54.6 Å². The topological polar surface area (TPSA) is 8.88 Å². The predicted octanol–water partition coefficient (Wildman–Crippen LogP) is 2.13. The van der Waals surface area contributed by atoms with Gasteiger partial charge in [-0.2, -0.15) is 13.2 Å². The number of piperazine rings is 1. The van der Waals surface area contributed by atoms with E-state index in [1.54, 1.807) is 11.0 Å². The van der Waals surface area contributed by atoms with Gasteiger partial charge in [0, 0.05) is 6.42 Å². The predicted molar refractivity (Wildman–Crippen MR) is 106 cm³/mol. The fraction of sp³-hybridized carbons (Fsp3) is 0.391. The van der Waals surface area contributed by atoms with Crippen molar-refractivity contribution in [3.05, 3.63) is 77.4 Å². The number of benzene rings is 2. The number of hydrogen-bond donors (Lipinski definition) is 2. The SMILES string of the molecule is C[C@H](Cc1cccc(C(F)(F)F)c1)[NH+]1CC[NH+](CC=Cc2ccccc2)CC1. The van der Waals surface area contributed by atoms with E-state index in [0.717, 1.165) is 44.4 Å². The van der Waals surface area contributed by atoms with Gasteiger partial charge >= 0.3 is 6.18 Å². The van der Waals surface area contributed by atoms with Gasteiger partial charge in [-0.05, 0) is 30.2 Å². The Morgan fingerprint density at radius 2 is 1.68 bits per heavy atom. The maximum Gasteiger partial charge on any atom is 0.416 e. The standard InChI is InChI=1S/C23H27F3N2/c1-19(17-21-9-5-11-22(18-21)23(24,25)26)28-15-13-27(14-16-28)12-6-10-20-7-3-2-4-8-20/h2-11,18-19H,12-17H2,1H3/p+2/t19-/m1/s1. The number of nitrogens with one attached hydrogen (secondary N) is 2. The quantitative estimate of drug-likeness (QED) is 0.748. The molecule has 1 aliphatic heterocycles. The molecule has 2 nitrogen and oxygen atoms in total. The summed E-state index contributed by atoms with van der Waals surface area (Å²) in [5, 5.41) is 0. The van der Waals surface area contributed by atoms with Gasteiger partial charge in [0.05, 0.1) is 18.2 Å². The highest BCUT2D eigenvalue weighted by molar-refractivity contribution is 5.48. The average Bonchev–Trinajstić information content (AvgIpc) is 2.69. The van der Waals surface area contributed by atoms with E-state index < -0.39 is 11.7 Å². The first-order valence-electron chi connectivity index (χ1n) is 9.97. The molecule has 0 aliphatic carbocycles. The van der Waals surface area contributed by atoms with Gasteiger partial charge in [-0.3, -0.25) is 0 Å². The minimum Gasteiger partial charge on any atom is -0.323 e. The molecular formula is C23H29F3N2+2. The molecule has 1 heterocycles. The molecule has 2 aromatic rings. The summed E-state index contributed by atoms with van der Waals surface area (Å²) in [6.07, 6.45) is 0.821. The number of hydrogen-bond acceptors (Lipinski definition) is 0. The van der Waals surface area contributed by atoms with Crippen LogP contribution in [0.4, 0.5) is 13.2 Å². The van der Waals surface area contributed by atoms with Crippen molar-refractivity contribution in [2.24, 2.45) is 0 Å². The first-order valence-corrected chi connectivity index (χ1v) is 9.97. The minimum atomic E-state index is -4.27. The zero-order valence-electron chi connectivity index (χ0n) is 16.3. The van der Waals surface area contributed by atoms with E-state index in [9.17, 15) is 13.2 Å². The Bertz CT molecular complexity index is 763. The number of halogens is 3. The van der Waals surface area contributed by atoms with E-state index in [1.807, 2.05) is 18.2 Å². The van der Waals surface area contributed by atoms with E-state index in [0.29, 0.717) is 12.5 Å². The third kappa shape index (κ3) is 5.94. The summed E-state index contributed by atoms with van der Waals surface area (Å²) in [4.78, 5) is 3.07. The fourth-order valence-electron chi connectivity index (χ4n) is 3.92. The summed E-state index contributed by atoms with van der Waals surface area (Å²) in [5.74, 6) is 0. The summed E-state index contributed by atoms with van der Waals surface area (Å²) in [5.41, 5.74) is 1.45. The molecule has 1 fully saturated rings. The van der Waals surface area contributed by atoms with Gasteiger partial charge in [0.1, 0.15) is 26.2 Å². The molecule has 0 spiro atoms. The molecule has 2 aromatic carbocycles. The molecule has 0 unspecified atom stereocenters. The number of quaternary nitrogens is 2. The van der Waals surface area contributed by atoms with Gasteiger partial charge in [0.15, 0.2) is 0 Å². The van der Waals surface area contributed by atoms with Crippen molar-refractivity contribution >= 4 is 6.08 Å². The summed E-state index contributed by atoms with van der Waals surface area (Å²) >= 11 is 0. The lowest BCUT2D eigenvalue weighted by atomic mass is 10.0. The summed E-state index contributed by atoms with van der Waals surface area (Å²) in [7, 11) is 0. The molecule has 1 aliphatic rings.